The van der Waals surface area contributed by atoms with Crippen molar-refractivity contribution in [1.82, 2.24) is 0 Å². The number of esters is 1. The van der Waals surface area contributed by atoms with E-state index in [0.29, 0.717) is 28.6 Å². The maximum Gasteiger partial charge on any atom is 0.344 e. The van der Waals surface area contributed by atoms with Crippen LogP contribution in [-0.4, -0.2) is 22.4 Å². The lowest BCUT2D eigenvalue weighted by molar-refractivity contribution is -0.157. The molecule has 0 saturated heterocycles. The third-order valence-corrected chi connectivity index (χ3v) is 5.35. The van der Waals surface area contributed by atoms with Crippen LogP contribution in [0.5, 0.6) is 0 Å². The van der Waals surface area contributed by atoms with E-state index in [1.165, 1.54) is 0 Å². The number of carbonyl (C=O) groups is 1. The molecule has 1 aliphatic heterocycles. The number of ether oxygens (including phenoxy) is 1. The zero-order valence-electron chi connectivity index (χ0n) is 15.3. The van der Waals surface area contributed by atoms with Gasteiger partial charge in [0.15, 0.2) is 0 Å². The Hall–Kier alpha value is -1.72. The first-order valence-electron chi connectivity index (χ1n) is 9.22. The van der Waals surface area contributed by atoms with Gasteiger partial charge >= 0.3 is 5.97 Å². The molecule has 7 heteroatoms. The van der Waals surface area contributed by atoms with Crippen molar-refractivity contribution in [1.29, 1.82) is 0 Å². The molecule has 1 saturated carbocycles. The van der Waals surface area contributed by atoms with Crippen molar-refractivity contribution in [3.63, 3.8) is 0 Å². The number of nitrogens with zero attached hydrogens (tertiary/aromatic N) is 1. The maximum atomic E-state index is 12.6. The van der Waals surface area contributed by atoms with Crippen LogP contribution in [0, 0.1) is 0 Å². The lowest BCUT2D eigenvalue weighted by atomic mass is 9.90. The van der Waals surface area contributed by atoms with Crippen LogP contribution in [0.3, 0.4) is 0 Å². The molecule has 1 spiro atoms. The van der Waals surface area contributed by atoms with Gasteiger partial charge in [-0.2, -0.15) is 0 Å². The van der Waals surface area contributed by atoms with E-state index in [-0.39, 0.29) is 17.9 Å². The Morgan fingerprint density at radius 2 is 1.93 bits per heavy atom. The van der Waals surface area contributed by atoms with Crippen molar-refractivity contribution in [2.45, 2.75) is 64.1 Å². The van der Waals surface area contributed by atoms with E-state index < -0.39 is 11.6 Å². The molecule has 27 heavy (non-hydrogen) atoms. The maximum absolute atomic E-state index is 12.6. The van der Waals surface area contributed by atoms with Crippen LogP contribution in [0.2, 0.25) is 10.0 Å². The van der Waals surface area contributed by atoms with E-state index in [2.05, 4.69) is 5.16 Å². The smallest absolute Gasteiger partial charge is 0.344 e. The van der Waals surface area contributed by atoms with Crippen LogP contribution < -0.4 is 0 Å². The highest BCUT2D eigenvalue weighted by Crippen LogP contribution is 2.42. The number of oxime groups is 1. The van der Waals surface area contributed by atoms with Gasteiger partial charge in [-0.25, -0.2) is 4.79 Å². The summed E-state index contributed by atoms with van der Waals surface area (Å²) in [5.41, 5.74) is 0.765. The van der Waals surface area contributed by atoms with Gasteiger partial charge in [-0.05, 0) is 55.9 Å². The Balaban J connectivity index is 1.77. The van der Waals surface area contributed by atoms with Crippen LogP contribution in [0.25, 0.3) is 0 Å². The number of carbonyl (C=O) groups excluding carboxylic acids is 1. The van der Waals surface area contributed by atoms with Gasteiger partial charge in [0.25, 0.3) is 0 Å². The third-order valence-electron chi connectivity index (χ3n) is 4.91. The summed E-state index contributed by atoms with van der Waals surface area (Å²) in [7, 11) is 0. The molecule has 1 N–H and O–H groups in total. The van der Waals surface area contributed by atoms with Crippen molar-refractivity contribution in [3.05, 3.63) is 45.1 Å². The van der Waals surface area contributed by atoms with Crippen LogP contribution in [0.15, 0.2) is 34.7 Å². The number of aliphatic hydroxyl groups is 1. The first kappa shape index (κ1) is 20.0. The highest BCUT2D eigenvalue weighted by Gasteiger charge is 2.44. The Morgan fingerprint density at radius 3 is 2.52 bits per heavy atom. The number of hydrogen-bond donors (Lipinski definition) is 1. The van der Waals surface area contributed by atoms with E-state index in [9.17, 15) is 9.90 Å². The summed E-state index contributed by atoms with van der Waals surface area (Å²) < 4.78 is 5.71. The molecule has 146 valence electrons. The number of halogens is 2. The second kappa shape index (κ2) is 8.53. The molecule has 2 aliphatic rings. The summed E-state index contributed by atoms with van der Waals surface area (Å²) in [5.74, 6) is -0.461. The minimum atomic E-state index is -0.541. The Bertz CT molecular complexity index is 762. The van der Waals surface area contributed by atoms with Crippen LogP contribution in [0.4, 0.5) is 0 Å². The molecule has 0 amide bonds. The summed E-state index contributed by atoms with van der Waals surface area (Å²) in [6.07, 6.45) is 5.21. The van der Waals surface area contributed by atoms with Gasteiger partial charge in [0.2, 0.25) is 0 Å². The first-order valence-corrected chi connectivity index (χ1v) is 9.98. The van der Waals surface area contributed by atoms with Gasteiger partial charge in [0, 0.05) is 16.5 Å². The van der Waals surface area contributed by atoms with E-state index in [1.54, 1.807) is 18.2 Å². The fourth-order valence-corrected chi connectivity index (χ4v) is 4.28. The number of aliphatic hydroxyl groups excluding tert-OH is 1. The standard InChI is InChI=1S/C20H23Cl2NO4/c1-2-5-16(23-26-12-13-8-14(21)10-15(22)9-13)18-17(24)11-20(27-19(18)25)6-3-4-7-20/h8-10,24H,2-7,11-12H2,1H3. The largest absolute Gasteiger partial charge is 0.511 e. The molecular weight excluding hydrogens is 389 g/mol. The van der Waals surface area contributed by atoms with E-state index in [4.69, 9.17) is 32.8 Å². The summed E-state index contributed by atoms with van der Waals surface area (Å²) in [5, 5.41) is 15.7. The molecule has 1 fully saturated rings. The summed E-state index contributed by atoms with van der Waals surface area (Å²) in [6, 6.07) is 5.11. The highest BCUT2D eigenvalue weighted by molar-refractivity contribution is 6.34. The fraction of sp³-hybridized carbons (Fsp3) is 0.500. The van der Waals surface area contributed by atoms with E-state index in [1.807, 2.05) is 6.92 Å². The fourth-order valence-electron chi connectivity index (χ4n) is 3.71. The molecule has 0 unspecified atom stereocenters. The average molecular weight is 412 g/mol. The number of rotatable bonds is 6. The molecule has 0 atom stereocenters. The summed E-state index contributed by atoms with van der Waals surface area (Å²) in [4.78, 5) is 18.0. The number of benzene rings is 1. The molecule has 0 radical (unpaired) electrons. The molecular formula is C20H23Cl2NO4. The van der Waals surface area contributed by atoms with Crippen molar-refractivity contribution in [2.24, 2.45) is 5.16 Å². The topological polar surface area (TPSA) is 68.1 Å². The second-order valence-electron chi connectivity index (χ2n) is 7.12. The van der Waals surface area contributed by atoms with Crippen molar-refractivity contribution >= 4 is 34.9 Å². The molecule has 5 nitrogen and oxygen atoms in total. The zero-order valence-corrected chi connectivity index (χ0v) is 16.8. The van der Waals surface area contributed by atoms with E-state index in [0.717, 1.165) is 37.7 Å². The first-order chi connectivity index (χ1) is 12.9. The predicted molar refractivity (Wildman–Crippen MR) is 105 cm³/mol. The SMILES string of the molecule is CCCC(=NOCc1cc(Cl)cc(Cl)c1)C1=C(O)CC2(CCCC2)OC1=O. The molecule has 1 aromatic carbocycles. The lowest BCUT2D eigenvalue weighted by Gasteiger charge is -2.33. The van der Waals surface area contributed by atoms with Gasteiger partial charge in [-0.3, -0.25) is 0 Å². The monoisotopic (exact) mass is 411 g/mol. The minimum Gasteiger partial charge on any atom is -0.511 e. The molecule has 1 aromatic rings. The zero-order chi connectivity index (χ0) is 19.4. The van der Waals surface area contributed by atoms with Crippen LogP contribution in [0.1, 0.15) is 57.4 Å². The quantitative estimate of drug-likeness (QED) is 0.368. The van der Waals surface area contributed by atoms with Gasteiger partial charge in [-0.15, -0.1) is 0 Å². The van der Waals surface area contributed by atoms with Crippen molar-refractivity contribution in [2.75, 3.05) is 0 Å². The third kappa shape index (κ3) is 4.77. The Labute approximate surface area is 168 Å². The lowest BCUT2D eigenvalue weighted by Crippen LogP contribution is -2.39. The van der Waals surface area contributed by atoms with Gasteiger partial charge < -0.3 is 14.7 Å². The molecule has 3 rings (SSSR count). The average Bonchev–Trinajstić information content (AvgIpc) is 3.00. The van der Waals surface area contributed by atoms with Crippen LogP contribution >= 0.6 is 23.2 Å². The van der Waals surface area contributed by atoms with Crippen molar-refractivity contribution < 1.29 is 19.5 Å². The molecule has 0 aromatic heterocycles. The van der Waals surface area contributed by atoms with Gasteiger partial charge in [0.05, 0.1) is 5.71 Å². The predicted octanol–water partition coefficient (Wildman–Crippen LogP) is 5.74. The Kier molecular flexibility index (Phi) is 6.33. The number of hydrogen-bond acceptors (Lipinski definition) is 5. The van der Waals surface area contributed by atoms with Crippen molar-refractivity contribution in [3.8, 4) is 0 Å². The summed E-state index contributed by atoms with van der Waals surface area (Å²) >= 11 is 12.0. The Morgan fingerprint density at radius 1 is 1.26 bits per heavy atom. The molecule has 1 aliphatic carbocycles. The normalized spacial score (nSPS) is 19.5. The highest BCUT2D eigenvalue weighted by atomic mass is 35.5. The summed E-state index contributed by atoms with van der Waals surface area (Å²) in [6.45, 7) is 2.12. The van der Waals surface area contributed by atoms with Gasteiger partial charge in [0.1, 0.15) is 23.5 Å². The molecule has 1 heterocycles. The minimum absolute atomic E-state index is 0.0507. The molecule has 0 bridgehead atoms. The van der Waals surface area contributed by atoms with Crippen LogP contribution in [-0.2, 0) is 21.0 Å². The van der Waals surface area contributed by atoms with Gasteiger partial charge in [-0.1, -0.05) is 41.7 Å². The van der Waals surface area contributed by atoms with E-state index >= 15 is 0 Å². The second-order valence-corrected chi connectivity index (χ2v) is 7.99.